The monoisotopic (exact) mass is 275 g/mol. The van der Waals surface area contributed by atoms with E-state index in [0.717, 1.165) is 16.5 Å². The largest absolute Gasteiger partial charge is 0.478 e. The summed E-state index contributed by atoms with van der Waals surface area (Å²) in [6.45, 7) is 0. The first-order valence-electron chi connectivity index (χ1n) is 5.60. The van der Waals surface area contributed by atoms with Crippen molar-refractivity contribution in [1.29, 1.82) is 0 Å². The van der Waals surface area contributed by atoms with Crippen molar-refractivity contribution in [3.05, 3.63) is 41.2 Å². The average molecular weight is 276 g/mol. The Morgan fingerprint density at radius 1 is 1.47 bits per heavy atom. The molecule has 0 aliphatic carbocycles. The van der Waals surface area contributed by atoms with Gasteiger partial charge < -0.3 is 9.67 Å². The molecule has 0 aliphatic rings. The summed E-state index contributed by atoms with van der Waals surface area (Å²) >= 11 is 6.23. The minimum atomic E-state index is -1.02. The first-order chi connectivity index (χ1) is 9.09. The third-order valence-corrected chi connectivity index (χ3v) is 3.42. The highest BCUT2D eigenvalue weighted by atomic mass is 35.5. The number of nitrogens with one attached hydrogen (secondary N) is 1. The van der Waals surface area contributed by atoms with Gasteiger partial charge in [-0.05, 0) is 12.1 Å². The van der Waals surface area contributed by atoms with Crippen LogP contribution in [-0.2, 0) is 7.05 Å². The maximum atomic E-state index is 11.2. The summed E-state index contributed by atoms with van der Waals surface area (Å²) in [6.07, 6.45) is 3.14. The molecule has 2 heterocycles. The van der Waals surface area contributed by atoms with Crippen molar-refractivity contribution in [1.82, 2.24) is 14.8 Å². The van der Waals surface area contributed by atoms with Crippen molar-refractivity contribution in [2.75, 3.05) is 0 Å². The van der Waals surface area contributed by atoms with Gasteiger partial charge in [-0.2, -0.15) is 5.10 Å². The number of carboxylic acids is 1. The topological polar surface area (TPSA) is 70.9 Å². The molecular formula is C13H10ClN3O2. The Morgan fingerprint density at radius 2 is 2.26 bits per heavy atom. The SMILES string of the molecule is Cn1cc(-c2[nH]ncc2C(=O)O)c2c(Cl)cccc21. The van der Waals surface area contributed by atoms with Crippen LogP contribution in [0.4, 0.5) is 0 Å². The van der Waals surface area contributed by atoms with Crippen molar-refractivity contribution >= 4 is 28.5 Å². The van der Waals surface area contributed by atoms with Crippen LogP contribution in [0.2, 0.25) is 5.02 Å². The number of rotatable bonds is 2. The predicted molar refractivity (Wildman–Crippen MR) is 72.5 cm³/mol. The lowest BCUT2D eigenvalue weighted by atomic mass is 10.1. The zero-order valence-corrected chi connectivity index (χ0v) is 10.8. The van der Waals surface area contributed by atoms with E-state index in [-0.39, 0.29) is 5.56 Å². The molecule has 0 amide bonds. The fourth-order valence-corrected chi connectivity index (χ4v) is 2.52. The van der Waals surface area contributed by atoms with Gasteiger partial charge in [0.1, 0.15) is 5.56 Å². The van der Waals surface area contributed by atoms with Gasteiger partial charge in [-0.15, -0.1) is 0 Å². The second-order valence-electron chi connectivity index (χ2n) is 4.25. The second-order valence-corrected chi connectivity index (χ2v) is 4.66. The number of aryl methyl sites for hydroxylation is 1. The number of carbonyl (C=O) groups is 1. The molecule has 0 aliphatic heterocycles. The van der Waals surface area contributed by atoms with Gasteiger partial charge in [0.05, 0.1) is 16.9 Å². The summed E-state index contributed by atoms with van der Waals surface area (Å²) in [5.74, 6) is -1.02. The summed E-state index contributed by atoms with van der Waals surface area (Å²) in [5, 5.41) is 17.1. The highest BCUT2D eigenvalue weighted by Crippen LogP contribution is 2.35. The molecule has 5 nitrogen and oxygen atoms in total. The molecular weight excluding hydrogens is 266 g/mol. The van der Waals surface area contributed by atoms with Gasteiger partial charge >= 0.3 is 5.97 Å². The fourth-order valence-electron chi connectivity index (χ4n) is 2.24. The molecule has 0 atom stereocenters. The Morgan fingerprint density at radius 3 is 3.00 bits per heavy atom. The van der Waals surface area contributed by atoms with E-state index in [1.165, 1.54) is 6.20 Å². The second kappa shape index (κ2) is 4.13. The van der Waals surface area contributed by atoms with Crippen molar-refractivity contribution in [2.45, 2.75) is 0 Å². The van der Waals surface area contributed by atoms with Crippen LogP contribution in [0.25, 0.3) is 22.2 Å². The molecule has 19 heavy (non-hydrogen) atoms. The van der Waals surface area contributed by atoms with E-state index in [2.05, 4.69) is 10.2 Å². The lowest BCUT2D eigenvalue weighted by molar-refractivity contribution is 0.0698. The number of aromatic amines is 1. The summed E-state index contributed by atoms with van der Waals surface area (Å²) < 4.78 is 1.91. The van der Waals surface area contributed by atoms with Gasteiger partial charge in [-0.1, -0.05) is 17.7 Å². The number of halogens is 1. The zero-order chi connectivity index (χ0) is 13.6. The molecule has 0 saturated carbocycles. The smallest absolute Gasteiger partial charge is 0.339 e. The molecule has 0 bridgehead atoms. The zero-order valence-electron chi connectivity index (χ0n) is 10.0. The van der Waals surface area contributed by atoms with Gasteiger partial charge in [0.25, 0.3) is 0 Å². The van der Waals surface area contributed by atoms with E-state index in [4.69, 9.17) is 16.7 Å². The molecule has 2 aromatic heterocycles. The number of hydrogen-bond acceptors (Lipinski definition) is 2. The highest BCUT2D eigenvalue weighted by molar-refractivity contribution is 6.36. The molecule has 3 aromatic rings. The first kappa shape index (κ1) is 11.8. The lowest BCUT2D eigenvalue weighted by Gasteiger charge is -2.00. The van der Waals surface area contributed by atoms with E-state index >= 15 is 0 Å². The predicted octanol–water partition coefficient (Wildman–Crippen LogP) is 2.92. The first-order valence-corrected chi connectivity index (χ1v) is 5.98. The van der Waals surface area contributed by atoms with Crippen molar-refractivity contribution < 1.29 is 9.90 Å². The summed E-state index contributed by atoms with van der Waals surface area (Å²) in [4.78, 5) is 11.2. The van der Waals surface area contributed by atoms with Crippen LogP contribution in [0, 0.1) is 0 Å². The van der Waals surface area contributed by atoms with E-state index < -0.39 is 5.97 Å². The maximum Gasteiger partial charge on any atom is 0.339 e. The number of nitrogens with zero attached hydrogens (tertiary/aromatic N) is 2. The van der Waals surface area contributed by atoms with Crippen LogP contribution < -0.4 is 0 Å². The van der Waals surface area contributed by atoms with Gasteiger partial charge in [0.15, 0.2) is 0 Å². The third kappa shape index (κ3) is 1.70. The molecule has 3 rings (SSSR count). The minimum absolute atomic E-state index is 0.132. The van der Waals surface area contributed by atoms with Gasteiger partial charge in [0, 0.05) is 29.7 Å². The Bertz CT molecular complexity index is 788. The molecule has 2 N–H and O–H groups in total. The Kier molecular flexibility index (Phi) is 2.57. The average Bonchev–Trinajstić information content (AvgIpc) is 2.95. The van der Waals surface area contributed by atoms with Crippen LogP contribution in [0.3, 0.4) is 0 Å². The standard InChI is InChI=1S/C13H10ClN3O2/c1-17-6-8(11-9(14)3-2-4-10(11)17)12-7(13(18)19)5-15-16-12/h2-6H,1H3,(H,15,16)(H,18,19). The number of hydrogen-bond donors (Lipinski definition) is 2. The molecule has 0 radical (unpaired) electrons. The molecule has 0 spiro atoms. The number of aromatic carboxylic acids is 1. The maximum absolute atomic E-state index is 11.2. The van der Waals surface area contributed by atoms with E-state index in [1.807, 2.05) is 29.9 Å². The van der Waals surface area contributed by atoms with Crippen LogP contribution in [0.5, 0.6) is 0 Å². The molecule has 0 unspecified atom stereocenters. The van der Waals surface area contributed by atoms with E-state index in [0.29, 0.717) is 10.7 Å². The van der Waals surface area contributed by atoms with Gasteiger partial charge in [-0.3, -0.25) is 5.10 Å². The van der Waals surface area contributed by atoms with Crippen molar-refractivity contribution in [3.8, 4) is 11.3 Å². The number of carboxylic acid groups (broad SMARTS) is 1. The fraction of sp³-hybridized carbons (Fsp3) is 0.0769. The number of fused-ring (bicyclic) bond motifs is 1. The lowest BCUT2D eigenvalue weighted by Crippen LogP contribution is -1.96. The number of aromatic nitrogens is 3. The summed E-state index contributed by atoms with van der Waals surface area (Å²) in [5.41, 5.74) is 2.27. The molecule has 0 saturated heterocycles. The molecule has 0 fully saturated rings. The van der Waals surface area contributed by atoms with Gasteiger partial charge in [0.2, 0.25) is 0 Å². The van der Waals surface area contributed by atoms with Crippen LogP contribution >= 0.6 is 11.6 Å². The van der Waals surface area contributed by atoms with Crippen LogP contribution in [0.15, 0.2) is 30.6 Å². The highest BCUT2D eigenvalue weighted by Gasteiger charge is 2.19. The number of H-pyrrole nitrogens is 1. The van der Waals surface area contributed by atoms with E-state index in [9.17, 15) is 4.79 Å². The van der Waals surface area contributed by atoms with E-state index in [1.54, 1.807) is 6.07 Å². The van der Waals surface area contributed by atoms with Crippen molar-refractivity contribution in [3.63, 3.8) is 0 Å². The molecule has 1 aromatic carbocycles. The minimum Gasteiger partial charge on any atom is -0.478 e. The van der Waals surface area contributed by atoms with Crippen LogP contribution in [-0.4, -0.2) is 25.8 Å². The summed E-state index contributed by atoms with van der Waals surface area (Å²) in [7, 11) is 1.89. The molecule has 6 heteroatoms. The van der Waals surface area contributed by atoms with Gasteiger partial charge in [-0.25, -0.2) is 4.79 Å². The third-order valence-electron chi connectivity index (χ3n) is 3.10. The molecule has 96 valence electrons. The summed E-state index contributed by atoms with van der Waals surface area (Å²) in [6, 6.07) is 5.57. The normalized spacial score (nSPS) is 11.1. The van der Waals surface area contributed by atoms with Crippen LogP contribution in [0.1, 0.15) is 10.4 Å². The Hall–Kier alpha value is -2.27. The Balaban J connectivity index is 2.37. The quantitative estimate of drug-likeness (QED) is 0.755. The Labute approximate surface area is 113 Å². The van der Waals surface area contributed by atoms with Crippen molar-refractivity contribution in [2.24, 2.45) is 7.05 Å². The number of benzene rings is 1.